The molecule has 4 saturated carbocycles. The Morgan fingerprint density at radius 2 is 1.74 bits per heavy atom. The first-order valence-electron chi connectivity index (χ1n) is 13.2. The second-order valence-electron chi connectivity index (χ2n) is 12.6. The molecule has 0 saturated heterocycles. The van der Waals surface area contributed by atoms with Crippen molar-refractivity contribution in [3.63, 3.8) is 0 Å². The number of carboxylic acids is 1. The average Bonchev–Trinajstić information content (AvgIpc) is 3.05. The molecule has 3 N–H and O–H groups in total. The fraction of sp³-hybridized carbons (Fsp3) is 0.963. The number of aliphatic hydroxyl groups is 2. The van der Waals surface area contributed by atoms with E-state index in [0.717, 1.165) is 44.9 Å². The molecule has 31 heavy (non-hydrogen) atoms. The van der Waals surface area contributed by atoms with Gasteiger partial charge in [-0.25, -0.2) is 0 Å². The molecule has 0 radical (unpaired) electrons. The van der Waals surface area contributed by atoms with E-state index in [4.69, 9.17) is 0 Å². The van der Waals surface area contributed by atoms with Gasteiger partial charge in [0.1, 0.15) is 0 Å². The zero-order valence-electron chi connectivity index (χ0n) is 20.3. The van der Waals surface area contributed by atoms with Crippen molar-refractivity contribution in [3.05, 3.63) is 0 Å². The molecule has 0 amide bonds. The van der Waals surface area contributed by atoms with Crippen LogP contribution in [0.25, 0.3) is 0 Å². The Bertz CT molecular complexity index is 678. The summed E-state index contributed by atoms with van der Waals surface area (Å²) in [7, 11) is 0. The van der Waals surface area contributed by atoms with Crippen molar-refractivity contribution in [1.82, 2.24) is 0 Å². The molecule has 4 rings (SSSR count). The summed E-state index contributed by atoms with van der Waals surface area (Å²) in [6, 6.07) is 0. The third-order valence-electron chi connectivity index (χ3n) is 11.1. The first-order chi connectivity index (χ1) is 14.5. The number of hydrogen-bond donors (Lipinski definition) is 3. The maximum Gasteiger partial charge on any atom is 0.303 e. The molecule has 4 heteroatoms. The molecule has 10 unspecified atom stereocenters. The Morgan fingerprint density at radius 1 is 1.06 bits per heavy atom. The first kappa shape index (κ1) is 23.5. The molecule has 0 heterocycles. The molecule has 0 aromatic carbocycles. The fourth-order valence-electron chi connectivity index (χ4n) is 9.62. The molecule has 0 bridgehead atoms. The highest BCUT2D eigenvalue weighted by Crippen LogP contribution is 2.70. The van der Waals surface area contributed by atoms with E-state index < -0.39 is 11.6 Å². The van der Waals surface area contributed by atoms with Gasteiger partial charge in [-0.15, -0.1) is 0 Å². The van der Waals surface area contributed by atoms with Gasteiger partial charge >= 0.3 is 5.97 Å². The summed E-state index contributed by atoms with van der Waals surface area (Å²) >= 11 is 0. The Kier molecular flexibility index (Phi) is 6.31. The lowest BCUT2D eigenvalue weighted by Crippen LogP contribution is -2.63. The molecule has 4 aliphatic rings. The number of carboxylic acid groups (broad SMARTS) is 1. The third kappa shape index (κ3) is 3.78. The van der Waals surface area contributed by atoms with Gasteiger partial charge in [0.15, 0.2) is 0 Å². The van der Waals surface area contributed by atoms with Gasteiger partial charge in [-0.3, -0.25) is 4.79 Å². The standard InChI is InChI=1S/C27H46O4/c1-5-12-27(31)16-18-15-19(28)10-13-25(18,3)22-11-14-26(4)20(7-8-21(26)24(22)27)17(2)6-9-23(29)30/h17-22,24,28,31H,5-16H2,1-4H3,(H,29,30). The summed E-state index contributed by atoms with van der Waals surface area (Å²) in [6.45, 7) is 9.43. The van der Waals surface area contributed by atoms with Crippen molar-refractivity contribution in [2.75, 3.05) is 0 Å². The van der Waals surface area contributed by atoms with Gasteiger partial charge < -0.3 is 15.3 Å². The van der Waals surface area contributed by atoms with Crippen LogP contribution in [0, 0.1) is 46.3 Å². The molecule has 4 fully saturated rings. The van der Waals surface area contributed by atoms with Gasteiger partial charge in [0.05, 0.1) is 11.7 Å². The highest BCUT2D eigenvalue weighted by atomic mass is 16.4. The van der Waals surface area contributed by atoms with Crippen LogP contribution >= 0.6 is 0 Å². The predicted octanol–water partition coefficient (Wildman–Crippen LogP) is 5.65. The van der Waals surface area contributed by atoms with E-state index in [2.05, 4.69) is 27.7 Å². The monoisotopic (exact) mass is 434 g/mol. The van der Waals surface area contributed by atoms with Gasteiger partial charge in [-0.2, -0.15) is 0 Å². The topological polar surface area (TPSA) is 77.8 Å². The first-order valence-corrected chi connectivity index (χ1v) is 13.2. The number of aliphatic hydroxyl groups excluding tert-OH is 1. The molecular formula is C27H46O4. The summed E-state index contributed by atoms with van der Waals surface area (Å²) in [5.41, 5.74) is -0.136. The SMILES string of the molecule is CCCC1(O)CC2CC(O)CCC2(C)C2CCC3(C)C(C(C)CCC(=O)O)CCC3C21. The molecule has 4 nitrogen and oxygen atoms in total. The maximum atomic E-state index is 12.2. The van der Waals surface area contributed by atoms with E-state index in [-0.39, 0.29) is 23.4 Å². The average molecular weight is 435 g/mol. The van der Waals surface area contributed by atoms with Crippen LogP contribution in [0.5, 0.6) is 0 Å². The number of rotatable bonds is 6. The lowest BCUT2D eigenvalue weighted by molar-refractivity contribution is -0.221. The maximum absolute atomic E-state index is 12.2. The predicted molar refractivity (Wildman–Crippen MR) is 122 cm³/mol. The molecule has 178 valence electrons. The van der Waals surface area contributed by atoms with Crippen molar-refractivity contribution in [2.45, 2.75) is 116 Å². The van der Waals surface area contributed by atoms with Crippen LogP contribution in [0.1, 0.15) is 105 Å². The van der Waals surface area contributed by atoms with Crippen LogP contribution in [-0.2, 0) is 4.79 Å². The van der Waals surface area contributed by atoms with Crippen molar-refractivity contribution in [3.8, 4) is 0 Å². The van der Waals surface area contributed by atoms with Crippen LogP contribution in [-0.4, -0.2) is 33.0 Å². The highest BCUT2D eigenvalue weighted by molar-refractivity contribution is 5.66. The lowest BCUT2D eigenvalue weighted by Gasteiger charge is -2.66. The Balaban J connectivity index is 1.65. The van der Waals surface area contributed by atoms with Crippen molar-refractivity contribution >= 4 is 5.97 Å². The van der Waals surface area contributed by atoms with Gasteiger partial charge in [-0.05, 0) is 111 Å². The van der Waals surface area contributed by atoms with E-state index in [9.17, 15) is 20.1 Å². The summed E-state index contributed by atoms with van der Waals surface area (Å²) in [4.78, 5) is 11.2. The van der Waals surface area contributed by atoms with Crippen LogP contribution in [0.2, 0.25) is 0 Å². The molecule has 0 aliphatic heterocycles. The minimum atomic E-state index is -0.682. The second kappa shape index (κ2) is 8.31. The van der Waals surface area contributed by atoms with Crippen LogP contribution in [0.3, 0.4) is 0 Å². The third-order valence-corrected chi connectivity index (χ3v) is 11.1. The molecule has 4 aliphatic carbocycles. The normalized spacial score (nSPS) is 50.3. The smallest absolute Gasteiger partial charge is 0.303 e. The Hall–Kier alpha value is -0.610. The zero-order chi connectivity index (χ0) is 22.6. The summed E-state index contributed by atoms with van der Waals surface area (Å²) < 4.78 is 0. The fourth-order valence-corrected chi connectivity index (χ4v) is 9.62. The van der Waals surface area contributed by atoms with Gasteiger partial charge in [0.2, 0.25) is 0 Å². The number of carbonyl (C=O) groups is 1. The van der Waals surface area contributed by atoms with Gasteiger partial charge in [0.25, 0.3) is 0 Å². The van der Waals surface area contributed by atoms with E-state index in [0.29, 0.717) is 35.5 Å². The van der Waals surface area contributed by atoms with Crippen molar-refractivity contribution in [2.24, 2.45) is 46.3 Å². The molecule has 0 aromatic rings. The summed E-state index contributed by atoms with van der Waals surface area (Å²) in [6.07, 6.45) is 11.3. The molecule has 10 atom stereocenters. The van der Waals surface area contributed by atoms with Gasteiger partial charge in [0, 0.05) is 6.42 Å². The Labute approximate surface area is 189 Å². The van der Waals surface area contributed by atoms with Crippen LogP contribution < -0.4 is 0 Å². The van der Waals surface area contributed by atoms with Crippen LogP contribution in [0.15, 0.2) is 0 Å². The molecule has 0 spiro atoms. The molecule has 0 aromatic heterocycles. The van der Waals surface area contributed by atoms with E-state index >= 15 is 0 Å². The molecular weight excluding hydrogens is 388 g/mol. The lowest BCUT2D eigenvalue weighted by atomic mass is 9.40. The van der Waals surface area contributed by atoms with Gasteiger partial charge in [-0.1, -0.05) is 34.1 Å². The van der Waals surface area contributed by atoms with E-state index in [1.165, 1.54) is 25.7 Å². The van der Waals surface area contributed by atoms with Crippen molar-refractivity contribution < 1.29 is 20.1 Å². The quantitative estimate of drug-likeness (QED) is 0.505. The largest absolute Gasteiger partial charge is 0.481 e. The minimum Gasteiger partial charge on any atom is -0.481 e. The van der Waals surface area contributed by atoms with Crippen LogP contribution in [0.4, 0.5) is 0 Å². The highest BCUT2D eigenvalue weighted by Gasteiger charge is 2.66. The summed E-state index contributed by atoms with van der Waals surface area (Å²) in [5.74, 6) is 2.22. The summed E-state index contributed by atoms with van der Waals surface area (Å²) in [5, 5.41) is 31.8. The Morgan fingerprint density at radius 3 is 2.42 bits per heavy atom. The zero-order valence-corrected chi connectivity index (χ0v) is 20.3. The number of aliphatic carboxylic acids is 1. The van der Waals surface area contributed by atoms with E-state index in [1.807, 2.05) is 0 Å². The number of fused-ring (bicyclic) bond motifs is 5. The van der Waals surface area contributed by atoms with Crippen molar-refractivity contribution in [1.29, 1.82) is 0 Å². The minimum absolute atomic E-state index is 0.194. The second-order valence-corrected chi connectivity index (χ2v) is 12.6. The van der Waals surface area contributed by atoms with E-state index in [1.54, 1.807) is 0 Å². The number of hydrogen-bond acceptors (Lipinski definition) is 3.